The molecule has 0 unspecified atom stereocenters. The van der Waals surface area contributed by atoms with Gasteiger partial charge in [-0.25, -0.2) is 18.7 Å². The van der Waals surface area contributed by atoms with Crippen LogP contribution in [-0.2, 0) is 16.0 Å². The molecule has 168 valence electrons. The average Bonchev–Trinajstić information content (AvgIpc) is 3.24. The lowest BCUT2D eigenvalue weighted by atomic mass is 9.86. The highest BCUT2D eigenvalue weighted by atomic mass is 19.3. The van der Waals surface area contributed by atoms with Gasteiger partial charge in [0.25, 0.3) is 5.92 Å². The van der Waals surface area contributed by atoms with Crippen LogP contribution in [0.4, 0.5) is 20.3 Å². The number of rotatable bonds is 3. The van der Waals surface area contributed by atoms with E-state index in [1.54, 1.807) is 24.3 Å². The van der Waals surface area contributed by atoms with Gasteiger partial charge in [-0.2, -0.15) is 0 Å². The van der Waals surface area contributed by atoms with Crippen LogP contribution in [0.2, 0.25) is 0 Å². The summed E-state index contributed by atoms with van der Waals surface area (Å²) in [5.74, 6) is -5.51. The monoisotopic (exact) mass is 442 g/mol. The Balaban J connectivity index is 1.62. The highest BCUT2D eigenvalue weighted by molar-refractivity contribution is 6.39. The molecule has 0 radical (unpaired) electrons. The number of piperidine rings is 1. The molecule has 4 N–H and O–H groups in total. The van der Waals surface area contributed by atoms with Crippen LogP contribution in [0.5, 0.6) is 0 Å². The number of pyridine rings is 1. The van der Waals surface area contributed by atoms with Crippen LogP contribution in [-0.4, -0.2) is 44.1 Å². The van der Waals surface area contributed by atoms with Crippen molar-refractivity contribution >= 4 is 34.4 Å². The van der Waals surface area contributed by atoms with Crippen molar-refractivity contribution < 1.29 is 18.4 Å². The van der Waals surface area contributed by atoms with E-state index in [-0.39, 0.29) is 6.54 Å². The second kappa shape index (κ2) is 8.18. The number of benzene rings is 1. The number of nitrogen functional groups attached to an aromatic ring is 1. The zero-order valence-corrected chi connectivity index (χ0v) is 17.7. The number of carbonyl (C=O) groups is 2. The first-order valence-electron chi connectivity index (χ1n) is 10.4. The number of H-pyrrole nitrogens is 1. The number of hydrogen-bond acceptors (Lipinski definition) is 5. The molecule has 2 amide bonds. The number of anilines is 2. The minimum Gasteiger partial charge on any atom is -0.383 e. The number of hydrogen-bond donors (Lipinski definition) is 3. The van der Waals surface area contributed by atoms with Crippen molar-refractivity contribution in [1.29, 1.82) is 0 Å². The maximum atomic E-state index is 14.6. The van der Waals surface area contributed by atoms with Gasteiger partial charge in [0, 0.05) is 18.9 Å². The van der Waals surface area contributed by atoms with Crippen LogP contribution < -0.4 is 11.1 Å². The predicted octanol–water partition coefficient (Wildman–Crippen LogP) is 3.29. The van der Waals surface area contributed by atoms with Gasteiger partial charge in [-0.3, -0.25) is 9.59 Å². The highest BCUT2D eigenvalue weighted by Crippen LogP contribution is 2.43. The fourth-order valence-electron chi connectivity index (χ4n) is 4.00. The zero-order chi connectivity index (χ0) is 23.0. The van der Waals surface area contributed by atoms with Crippen LogP contribution in [0.25, 0.3) is 11.0 Å². The van der Waals surface area contributed by atoms with Crippen molar-refractivity contribution in [2.24, 2.45) is 5.92 Å². The van der Waals surface area contributed by atoms with Crippen LogP contribution in [0.3, 0.4) is 0 Å². The largest absolute Gasteiger partial charge is 0.383 e. The van der Waals surface area contributed by atoms with Crippen molar-refractivity contribution in [2.45, 2.75) is 38.7 Å². The smallest absolute Gasteiger partial charge is 0.313 e. The number of imidazole rings is 1. The number of aromatic amines is 1. The Labute approximate surface area is 183 Å². The van der Waals surface area contributed by atoms with Gasteiger partial charge < -0.3 is 20.9 Å². The second-order valence-corrected chi connectivity index (χ2v) is 8.09. The van der Waals surface area contributed by atoms with Crippen molar-refractivity contribution in [1.82, 2.24) is 19.9 Å². The molecular formula is C22H24F2N6O2. The normalized spacial score (nSPS) is 20.3. The quantitative estimate of drug-likeness (QED) is 0.538. The van der Waals surface area contributed by atoms with E-state index in [2.05, 4.69) is 20.3 Å². The number of alkyl halides is 2. The molecule has 0 saturated carbocycles. The molecule has 2 aromatic heterocycles. The molecule has 2 atom stereocenters. The van der Waals surface area contributed by atoms with E-state index in [0.29, 0.717) is 34.5 Å². The van der Waals surface area contributed by atoms with Crippen LogP contribution >= 0.6 is 0 Å². The van der Waals surface area contributed by atoms with Gasteiger partial charge in [0.2, 0.25) is 0 Å². The molecule has 0 bridgehead atoms. The van der Waals surface area contributed by atoms with Crippen molar-refractivity contribution in [3.05, 3.63) is 47.9 Å². The summed E-state index contributed by atoms with van der Waals surface area (Å²) >= 11 is 0. The molecule has 32 heavy (non-hydrogen) atoms. The molecule has 0 spiro atoms. The number of amides is 2. The SMILES string of the molecule is CCc1cc(NC(=O)C(=O)N2C[C@@H](C)C(F)(F)C[C@@H]2c2ccc3nc[nH]c3c2)cnc1N. The van der Waals surface area contributed by atoms with Gasteiger partial charge >= 0.3 is 11.8 Å². The van der Waals surface area contributed by atoms with Crippen LogP contribution in [0.15, 0.2) is 36.8 Å². The summed E-state index contributed by atoms with van der Waals surface area (Å²) in [6.07, 6.45) is 2.90. The van der Waals surface area contributed by atoms with Gasteiger partial charge in [-0.15, -0.1) is 0 Å². The molecule has 1 aromatic carbocycles. The first-order chi connectivity index (χ1) is 15.2. The third-order valence-electron chi connectivity index (χ3n) is 5.96. The summed E-state index contributed by atoms with van der Waals surface area (Å²) in [4.78, 5) is 38.1. The summed E-state index contributed by atoms with van der Waals surface area (Å²) in [7, 11) is 0. The molecule has 3 heterocycles. The summed E-state index contributed by atoms with van der Waals surface area (Å²) in [6, 6.07) is 5.74. The second-order valence-electron chi connectivity index (χ2n) is 8.09. The lowest BCUT2D eigenvalue weighted by molar-refractivity contribution is -0.159. The third kappa shape index (κ3) is 4.00. The van der Waals surface area contributed by atoms with E-state index >= 15 is 0 Å². The van der Waals surface area contributed by atoms with Crippen LogP contribution in [0.1, 0.15) is 37.4 Å². The molecule has 3 aromatic rings. The molecule has 8 nitrogen and oxygen atoms in total. The molecular weight excluding hydrogens is 418 g/mol. The number of likely N-dealkylation sites (tertiary alicyclic amines) is 1. The molecule has 0 aliphatic carbocycles. The maximum absolute atomic E-state index is 14.6. The minimum atomic E-state index is -2.97. The molecule has 1 aliphatic rings. The number of halogens is 2. The standard InChI is InChI=1S/C22H24F2N6O2/c1-3-13-6-15(9-26-19(13)25)29-20(31)21(32)30-10-12(2)22(23,24)8-18(30)14-4-5-16-17(7-14)28-11-27-16/h4-7,9,11-12,18H,3,8,10H2,1-2H3,(H2,25,26)(H,27,28)(H,29,31)/t12-,18-/m1/s1. The van der Waals surface area contributed by atoms with E-state index in [0.717, 1.165) is 5.56 Å². The van der Waals surface area contributed by atoms with E-state index < -0.39 is 36.1 Å². The van der Waals surface area contributed by atoms with E-state index in [1.807, 2.05) is 6.92 Å². The summed E-state index contributed by atoms with van der Waals surface area (Å²) < 4.78 is 29.2. The fourth-order valence-corrected chi connectivity index (χ4v) is 4.00. The zero-order valence-electron chi connectivity index (χ0n) is 17.7. The Morgan fingerprint density at radius 1 is 1.31 bits per heavy atom. The number of aromatic nitrogens is 3. The number of fused-ring (bicyclic) bond motifs is 1. The van der Waals surface area contributed by atoms with Gasteiger partial charge in [-0.1, -0.05) is 19.9 Å². The summed E-state index contributed by atoms with van der Waals surface area (Å²) in [6.45, 7) is 3.02. The Morgan fingerprint density at radius 3 is 2.84 bits per heavy atom. The van der Waals surface area contributed by atoms with Gasteiger partial charge in [0.05, 0.1) is 35.3 Å². The number of nitrogens with two attached hydrogens (primary N) is 1. The third-order valence-corrected chi connectivity index (χ3v) is 5.96. The predicted molar refractivity (Wildman–Crippen MR) is 116 cm³/mol. The number of carbonyl (C=O) groups excluding carboxylic acids is 2. The number of nitrogens with one attached hydrogen (secondary N) is 2. The number of aryl methyl sites for hydroxylation is 1. The van der Waals surface area contributed by atoms with Gasteiger partial charge in [0.1, 0.15) is 5.82 Å². The first-order valence-corrected chi connectivity index (χ1v) is 10.4. The van der Waals surface area contributed by atoms with Crippen molar-refractivity contribution in [2.75, 3.05) is 17.6 Å². The van der Waals surface area contributed by atoms with Crippen LogP contribution in [0, 0.1) is 5.92 Å². The van der Waals surface area contributed by atoms with Gasteiger partial charge in [-0.05, 0) is 35.7 Å². The lowest BCUT2D eigenvalue weighted by Gasteiger charge is -2.42. The molecule has 4 rings (SSSR count). The molecule has 10 heteroatoms. The van der Waals surface area contributed by atoms with E-state index in [9.17, 15) is 18.4 Å². The Kier molecular flexibility index (Phi) is 5.53. The Morgan fingerprint density at radius 2 is 2.09 bits per heavy atom. The molecule has 1 aliphatic heterocycles. The van der Waals surface area contributed by atoms with E-state index in [1.165, 1.54) is 24.3 Å². The minimum absolute atomic E-state index is 0.245. The lowest BCUT2D eigenvalue weighted by Crippen LogP contribution is -2.52. The molecule has 1 saturated heterocycles. The maximum Gasteiger partial charge on any atom is 0.313 e. The number of nitrogens with zero attached hydrogens (tertiary/aromatic N) is 3. The summed E-state index contributed by atoms with van der Waals surface area (Å²) in [5, 5.41) is 2.52. The first kappa shape index (κ1) is 21.7. The Bertz CT molecular complexity index is 1180. The highest BCUT2D eigenvalue weighted by Gasteiger charge is 2.48. The Hall–Kier alpha value is -3.56. The van der Waals surface area contributed by atoms with Crippen molar-refractivity contribution in [3.63, 3.8) is 0 Å². The topological polar surface area (TPSA) is 117 Å². The van der Waals surface area contributed by atoms with E-state index in [4.69, 9.17) is 5.73 Å². The fraction of sp³-hybridized carbons (Fsp3) is 0.364. The average molecular weight is 442 g/mol. The summed E-state index contributed by atoms with van der Waals surface area (Å²) in [5.41, 5.74) is 8.70. The van der Waals surface area contributed by atoms with Gasteiger partial charge in [0.15, 0.2) is 0 Å². The van der Waals surface area contributed by atoms with Crippen molar-refractivity contribution in [3.8, 4) is 0 Å². The molecule has 1 fully saturated rings.